The Kier molecular flexibility index (Phi) is 5.61. The van der Waals surface area contributed by atoms with Gasteiger partial charge < -0.3 is 10.1 Å². The van der Waals surface area contributed by atoms with Gasteiger partial charge in [-0.2, -0.15) is 15.5 Å². The Balaban J connectivity index is 1.73. The summed E-state index contributed by atoms with van der Waals surface area (Å²) in [5.41, 5.74) is 4.42. The fraction of sp³-hybridized carbons (Fsp3) is 0.0833. The molecule has 0 spiro atoms. The molecule has 0 saturated carbocycles. The van der Waals surface area contributed by atoms with Crippen LogP contribution < -0.4 is 10.1 Å². The van der Waals surface area contributed by atoms with Crippen molar-refractivity contribution in [2.24, 2.45) is 0 Å². The largest absolute Gasteiger partial charge is 0.438 e. The van der Waals surface area contributed by atoms with Crippen LogP contribution in [0.25, 0.3) is 10.4 Å². The fourth-order valence-corrected chi connectivity index (χ4v) is 3.86. The first-order valence-corrected chi connectivity index (χ1v) is 10.3. The molecule has 0 fully saturated rings. The van der Waals surface area contributed by atoms with Crippen LogP contribution in [0.2, 0.25) is 0 Å². The zero-order chi connectivity index (χ0) is 21.8. The molecule has 7 heteroatoms. The zero-order valence-corrected chi connectivity index (χ0v) is 17.7. The lowest BCUT2D eigenvalue weighted by molar-refractivity contribution is 0.457. The van der Waals surface area contributed by atoms with E-state index >= 15 is 0 Å². The maximum absolute atomic E-state index is 9.21. The van der Waals surface area contributed by atoms with Crippen LogP contribution in [-0.4, -0.2) is 9.97 Å². The number of hydrogen-bond acceptors (Lipinski definition) is 7. The first-order valence-electron chi connectivity index (χ1n) is 9.44. The third-order valence-electron chi connectivity index (χ3n) is 4.60. The van der Waals surface area contributed by atoms with Crippen LogP contribution >= 0.6 is 11.3 Å². The highest BCUT2D eigenvalue weighted by Gasteiger charge is 2.16. The van der Waals surface area contributed by atoms with Crippen molar-refractivity contribution < 1.29 is 4.74 Å². The summed E-state index contributed by atoms with van der Waals surface area (Å²) in [6, 6.07) is 18.9. The Morgan fingerprint density at radius 2 is 1.68 bits per heavy atom. The average molecular weight is 424 g/mol. The molecule has 0 amide bonds. The Hall–Kier alpha value is -4.20. The van der Waals surface area contributed by atoms with E-state index in [0.29, 0.717) is 28.7 Å². The van der Waals surface area contributed by atoms with E-state index < -0.39 is 0 Å². The van der Waals surface area contributed by atoms with Crippen LogP contribution in [0.15, 0.2) is 60.1 Å². The summed E-state index contributed by atoms with van der Waals surface area (Å²) >= 11 is 1.58. The molecular formula is C24H17N5OS. The van der Waals surface area contributed by atoms with Gasteiger partial charge in [-0.25, -0.2) is 4.98 Å². The molecule has 0 aliphatic carbocycles. The molecule has 0 bridgehead atoms. The lowest BCUT2D eigenvalue weighted by atomic mass is 10.1. The molecule has 150 valence electrons. The van der Waals surface area contributed by atoms with Crippen LogP contribution in [0.3, 0.4) is 0 Å². The monoisotopic (exact) mass is 423 g/mol. The quantitative estimate of drug-likeness (QED) is 0.417. The Morgan fingerprint density at radius 3 is 2.29 bits per heavy atom. The number of nitriles is 2. The maximum Gasteiger partial charge on any atom is 0.232 e. The second kappa shape index (κ2) is 8.66. The lowest BCUT2D eigenvalue weighted by Crippen LogP contribution is -2.01. The first kappa shape index (κ1) is 20.1. The van der Waals surface area contributed by atoms with Gasteiger partial charge in [-0.3, -0.25) is 0 Å². The summed E-state index contributed by atoms with van der Waals surface area (Å²) in [7, 11) is 0. The summed E-state index contributed by atoms with van der Waals surface area (Å²) in [5.74, 6) is 1.47. The van der Waals surface area contributed by atoms with Crippen molar-refractivity contribution in [3.8, 4) is 34.2 Å². The molecule has 0 unspecified atom stereocenters. The number of benzene rings is 2. The highest BCUT2D eigenvalue weighted by atomic mass is 32.1. The van der Waals surface area contributed by atoms with Gasteiger partial charge in [0, 0.05) is 16.8 Å². The minimum absolute atomic E-state index is 0.379. The second-order valence-electron chi connectivity index (χ2n) is 6.86. The summed E-state index contributed by atoms with van der Waals surface area (Å²) in [6.07, 6.45) is 1.73. The van der Waals surface area contributed by atoms with Gasteiger partial charge >= 0.3 is 0 Å². The number of hydrogen-bond donors (Lipinski definition) is 1. The first-order chi connectivity index (χ1) is 15.1. The van der Waals surface area contributed by atoms with Gasteiger partial charge in [0.25, 0.3) is 0 Å². The fourth-order valence-electron chi connectivity index (χ4n) is 3.13. The van der Waals surface area contributed by atoms with E-state index in [1.807, 2.05) is 31.4 Å². The Labute approximate surface area is 184 Å². The van der Waals surface area contributed by atoms with Crippen molar-refractivity contribution in [3.63, 3.8) is 0 Å². The SMILES string of the molecule is Cc1cc(C#N)cc(C)c1Oc1nc(Nc2ccc(C#N)cc2)ncc1-c1cccs1. The molecule has 31 heavy (non-hydrogen) atoms. The second-order valence-corrected chi connectivity index (χ2v) is 7.80. The van der Waals surface area contributed by atoms with Gasteiger partial charge in [-0.15, -0.1) is 11.3 Å². The summed E-state index contributed by atoms with van der Waals surface area (Å²) < 4.78 is 6.27. The number of nitrogens with one attached hydrogen (secondary N) is 1. The molecule has 2 aromatic carbocycles. The average Bonchev–Trinajstić information content (AvgIpc) is 3.31. The van der Waals surface area contributed by atoms with Crippen LogP contribution in [0, 0.1) is 36.5 Å². The molecular weight excluding hydrogens is 406 g/mol. The van der Waals surface area contributed by atoms with Crippen LogP contribution in [0.1, 0.15) is 22.3 Å². The van der Waals surface area contributed by atoms with Crippen LogP contribution in [0.4, 0.5) is 11.6 Å². The van der Waals surface area contributed by atoms with Crippen molar-refractivity contribution in [2.75, 3.05) is 5.32 Å². The Bertz CT molecular complexity index is 1290. The third kappa shape index (κ3) is 4.37. The van der Waals surface area contributed by atoms with Crippen LogP contribution in [-0.2, 0) is 0 Å². The molecule has 0 radical (unpaired) electrons. The van der Waals surface area contributed by atoms with E-state index in [0.717, 1.165) is 27.3 Å². The predicted molar refractivity (Wildman–Crippen MR) is 120 cm³/mol. The van der Waals surface area contributed by atoms with Crippen molar-refractivity contribution in [3.05, 3.63) is 82.4 Å². The molecule has 0 aliphatic heterocycles. The standard InChI is InChI=1S/C24H17N5OS/c1-15-10-18(13-26)11-16(2)22(15)30-23-20(21-4-3-9-31-21)14-27-24(29-23)28-19-7-5-17(12-25)6-8-19/h3-11,14H,1-2H3,(H,27,28,29). The normalized spacial score (nSPS) is 10.2. The number of ether oxygens (including phenoxy) is 1. The summed E-state index contributed by atoms with van der Waals surface area (Å²) in [6.45, 7) is 3.82. The minimum Gasteiger partial charge on any atom is -0.438 e. The molecule has 1 N–H and O–H groups in total. The van der Waals surface area contributed by atoms with E-state index in [4.69, 9.17) is 10.00 Å². The van der Waals surface area contributed by atoms with E-state index in [-0.39, 0.29) is 0 Å². The van der Waals surface area contributed by atoms with E-state index in [9.17, 15) is 5.26 Å². The van der Waals surface area contributed by atoms with Crippen molar-refractivity contribution >= 4 is 23.0 Å². The van der Waals surface area contributed by atoms with Crippen molar-refractivity contribution in [1.29, 1.82) is 10.5 Å². The molecule has 4 aromatic rings. The van der Waals surface area contributed by atoms with Crippen molar-refractivity contribution in [1.82, 2.24) is 9.97 Å². The topological polar surface area (TPSA) is 94.6 Å². The molecule has 4 rings (SSSR count). The molecule has 2 heterocycles. The molecule has 0 saturated heterocycles. The summed E-state index contributed by atoms with van der Waals surface area (Å²) in [4.78, 5) is 10.1. The van der Waals surface area contributed by atoms with E-state index in [1.165, 1.54) is 0 Å². The van der Waals surface area contributed by atoms with Gasteiger partial charge in [-0.05, 0) is 72.8 Å². The molecule has 6 nitrogen and oxygen atoms in total. The number of thiophene rings is 1. The van der Waals surface area contributed by atoms with Gasteiger partial charge in [0.1, 0.15) is 5.75 Å². The lowest BCUT2D eigenvalue weighted by Gasteiger charge is -2.15. The number of anilines is 2. The minimum atomic E-state index is 0.379. The van der Waals surface area contributed by atoms with Gasteiger partial charge in [0.05, 0.1) is 28.8 Å². The predicted octanol–water partition coefficient (Wildman–Crippen LogP) is 6.10. The highest BCUT2D eigenvalue weighted by molar-refractivity contribution is 7.13. The number of rotatable bonds is 5. The molecule has 0 aliphatic rings. The molecule has 2 aromatic heterocycles. The smallest absolute Gasteiger partial charge is 0.232 e. The van der Waals surface area contributed by atoms with Gasteiger partial charge in [0.2, 0.25) is 11.8 Å². The third-order valence-corrected chi connectivity index (χ3v) is 5.50. The van der Waals surface area contributed by atoms with Gasteiger partial charge in [0.15, 0.2) is 0 Å². The Morgan fingerprint density at radius 1 is 0.968 bits per heavy atom. The number of nitrogens with zero attached hydrogens (tertiary/aromatic N) is 4. The van der Waals surface area contributed by atoms with E-state index in [2.05, 4.69) is 27.4 Å². The molecule has 0 atom stereocenters. The van der Waals surface area contributed by atoms with E-state index in [1.54, 1.807) is 53.9 Å². The van der Waals surface area contributed by atoms with Crippen molar-refractivity contribution in [2.45, 2.75) is 13.8 Å². The van der Waals surface area contributed by atoms with Gasteiger partial charge in [-0.1, -0.05) is 6.07 Å². The van der Waals surface area contributed by atoms with Crippen LogP contribution in [0.5, 0.6) is 11.6 Å². The zero-order valence-electron chi connectivity index (χ0n) is 16.9. The summed E-state index contributed by atoms with van der Waals surface area (Å²) in [5, 5.41) is 23.3. The number of aryl methyl sites for hydroxylation is 2. The highest BCUT2D eigenvalue weighted by Crippen LogP contribution is 2.37. The number of aromatic nitrogens is 2. The maximum atomic E-state index is 9.21.